The summed E-state index contributed by atoms with van der Waals surface area (Å²) in [4.78, 5) is 15.1. The maximum absolute atomic E-state index is 13.2. The molecular weight excluding hydrogens is 314 g/mol. The lowest BCUT2D eigenvalue weighted by atomic mass is 10.0. The van der Waals surface area contributed by atoms with Crippen LogP contribution in [0.1, 0.15) is 48.4 Å². The van der Waals surface area contributed by atoms with E-state index < -0.39 is 0 Å². The quantitative estimate of drug-likeness (QED) is 0.738. The fourth-order valence-electron chi connectivity index (χ4n) is 3.84. The van der Waals surface area contributed by atoms with E-state index in [0.29, 0.717) is 24.7 Å². The zero-order valence-electron chi connectivity index (χ0n) is 14.9. The maximum atomic E-state index is 13.2. The molecule has 0 radical (unpaired) electrons. The third-order valence-electron chi connectivity index (χ3n) is 4.88. The maximum Gasteiger partial charge on any atom is 0.271 e. The van der Waals surface area contributed by atoms with Crippen molar-refractivity contribution in [1.82, 2.24) is 24.1 Å². The van der Waals surface area contributed by atoms with Crippen LogP contribution in [0.25, 0.3) is 5.52 Å². The third-order valence-corrected chi connectivity index (χ3v) is 4.88. The van der Waals surface area contributed by atoms with Gasteiger partial charge in [-0.15, -0.1) is 10.2 Å². The first-order valence-electron chi connectivity index (χ1n) is 8.80. The summed E-state index contributed by atoms with van der Waals surface area (Å²) in [5.74, 6) is 2.40. The molecule has 4 rings (SSSR count). The molecule has 0 bridgehead atoms. The molecule has 0 fully saturated rings. The van der Waals surface area contributed by atoms with E-state index in [9.17, 15) is 4.79 Å². The Balaban J connectivity index is 1.68. The molecule has 0 aliphatic carbocycles. The highest BCUT2D eigenvalue weighted by Gasteiger charge is 2.32. The number of carbonyl (C=O) groups excluding carboxylic acids is 1. The van der Waals surface area contributed by atoms with E-state index in [-0.39, 0.29) is 11.9 Å². The molecule has 0 spiro atoms. The molecule has 1 aliphatic heterocycles. The van der Waals surface area contributed by atoms with Crippen LogP contribution < -0.4 is 0 Å². The molecule has 0 saturated carbocycles. The van der Waals surface area contributed by atoms with Crippen LogP contribution in [0.5, 0.6) is 0 Å². The normalized spacial score (nSPS) is 17.3. The van der Waals surface area contributed by atoms with Crippen LogP contribution in [0.15, 0.2) is 36.5 Å². The molecule has 0 aromatic carbocycles. The molecular formula is C19H23N5O. The first-order valence-corrected chi connectivity index (χ1v) is 8.80. The second kappa shape index (κ2) is 6.02. The minimum atomic E-state index is 0.0480. The van der Waals surface area contributed by atoms with Gasteiger partial charge in [0.1, 0.15) is 11.5 Å². The number of fused-ring (bicyclic) bond motifs is 2. The van der Waals surface area contributed by atoms with Crippen LogP contribution in [0.3, 0.4) is 0 Å². The number of hydrogen-bond acceptors (Lipinski definition) is 3. The van der Waals surface area contributed by atoms with Crippen LogP contribution in [-0.2, 0) is 6.54 Å². The van der Waals surface area contributed by atoms with E-state index in [1.165, 1.54) is 0 Å². The van der Waals surface area contributed by atoms with Crippen molar-refractivity contribution in [2.24, 2.45) is 5.92 Å². The molecule has 1 aliphatic rings. The monoisotopic (exact) mass is 337 g/mol. The highest BCUT2D eigenvalue weighted by molar-refractivity contribution is 5.94. The van der Waals surface area contributed by atoms with Crippen LogP contribution in [0.2, 0.25) is 0 Å². The Hall–Kier alpha value is -2.63. The van der Waals surface area contributed by atoms with Crippen molar-refractivity contribution in [3.8, 4) is 0 Å². The number of amides is 1. The lowest BCUT2D eigenvalue weighted by Crippen LogP contribution is -2.42. The number of pyridine rings is 1. The van der Waals surface area contributed by atoms with Crippen molar-refractivity contribution in [2.75, 3.05) is 6.54 Å². The Morgan fingerprint density at radius 3 is 2.88 bits per heavy atom. The van der Waals surface area contributed by atoms with Crippen LogP contribution >= 0.6 is 0 Å². The van der Waals surface area contributed by atoms with Gasteiger partial charge in [0.2, 0.25) is 0 Å². The van der Waals surface area contributed by atoms with Gasteiger partial charge >= 0.3 is 0 Å². The molecule has 6 nitrogen and oxygen atoms in total. The Kier molecular flexibility index (Phi) is 3.82. The minimum absolute atomic E-state index is 0.0480. The summed E-state index contributed by atoms with van der Waals surface area (Å²) in [6.45, 7) is 7.61. The van der Waals surface area contributed by atoms with Crippen molar-refractivity contribution in [3.05, 3.63) is 53.9 Å². The van der Waals surface area contributed by atoms with E-state index in [1.54, 1.807) is 0 Å². The van der Waals surface area contributed by atoms with Crippen LogP contribution in [-0.4, -0.2) is 36.5 Å². The average molecular weight is 337 g/mol. The molecule has 0 N–H and O–H groups in total. The summed E-state index contributed by atoms with van der Waals surface area (Å²) in [6, 6.07) is 10.0. The van der Waals surface area contributed by atoms with Crippen molar-refractivity contribution in [1.29, 1.82) is 0 Å². The standard InChI is InChI=1S/C19H23N5O/c1-13(2)10-16-11-22(12-18-21-20-14(3)24(16)18)19(25)17-8-7-15-6-4-5-9-23(15)17/h4-9,13,16H,10-12H2,1-3H3/t16-/m0/s1. The van der Waals surface area contributed by atoms with Crippen LogP contribution in [0.4, 0.5) is 0 Å². The summed E-state index contributed by atoms with van der Waals surface area (Å²) < 4.78 is 4.16. The van der Waals surface area contributed by atoms with Gasteiger partial charge in [0.05, 0.1) is 12.6 Å². The SMILES string of the molecule is Cc1nnc2n1[C@@H](CC(C)C)CN(C(=O)c1ccc3ccccn13)C2. The molecule has 3 aromatic heterocycles. The number of rotatable bonds is 3. The van der Waals surface area contributed by atoms with Gasteiger partial charge in [-0.25, -0.2) is 0 Å². The van der Waals surface area contributed by atoms with Gasteiger partial charge in [-0.1, -0.05) is 19.9 Å². The Labute approximate surface area is 147 Å². The fourth-order valence-corrected chi connectivity index (χ4v) is 3.84. The second-order valence-corrected chi connectivity index (χ2v) is 7.22. The topological polar surface area (TPSA) is 55.4 Å². The number of nitrogens with zero attached hydrogens (tertiary/aromatic N) is 5. The van der Waals surface area contributed by atoms with Crippen molar-refractivity contribution in [3.63, 3.8) is 0 Å². The lowest BCUT2D eigenvalue weighted by molar-refractivity contribution is 0.0654. The van der Waals surface area contributed by atoms with E-state index in [4.69, 9.17) is 0 Å². The number of aryl methyl sites for hydroxylation is 1. The van der Waals surface area contributed by atoms with Gasteiger partial charge < -0.3 is 13.9 Å². The second-order valence-electron chi connectivity index (χ2n) is 7.22. The molecule has 6 heteroatoms. The minimum Gasteiger partial charge on any atom is -0.328 e. The highest BCUT2D eigenvalue weighted by Crippen LogP contribution is 2.28. The molecule has 1 atom stereocenters. The van der Waals surface area contributed by atoms with Crippen molar-refractivity contribution < 1.29 is 4.79 Å². The molecule has 130 valence electrons. The smallest absolute Gasteiger partial charge is 0.271 e. The van der Waals surface area contributed by atoms with E-state index in [0.717, 1.165) is 23.6 Å². The molecule has 25 heavy (non-hydrogen) atoms. The summed E-state index contributed by atoms with van der Waals surface area (Å²) >= 11 is 0. The molecule has 0 unspecified atom stereocenters. The average Bonchev–Trinajstić information content (AvgIpc) is 3.18. The summed E-state index contributed by atoms with van der Waals surface area (Å²) in [7, 11) is 0. The largest absolute Gasteiger partial charge is 0.328 e. The Morgan fingerprint density at radius 2 is 2.08 bits per heavy atom. The van der Waals surface area contributed by atoms with Gasteiger partial charge in [0.25, 0.3) is 5.91 Å². The first kappa shape index (κ1) is 15.9. The molecule has 4 heterocycles. The number of carbonyl (C=O) groups is 1. The predicted octanol–water partition coefficient (Wildman–Crippen LogP) is 3.08. The zero-order chi connectivity index (χ0) is 17.6. The van der Waals surface area contributed by atoms with E-state index in [1.807, 2.05) is 52.8 Å². The number of aromatic nitrogens is 4. The van der Waals surface area contributed by atoms with Gasteiger partial charge in [-0.3, -0.25) is 4.79 Å². The first-order chi connectivity index (χ1) is 12.0. The van der Waals surface area contributed by atoms with Gasteiger partial charge in [0.15, 0.2) is 5.82 Å². The fraction of sp³-hybridized carbons (Fsp3) is 0.421. The van der Waals surface area contributed by atoms with Gasteiger partial charge in [-0.05, 0) is 43.5 Å². The van der Waals surface area contributed by atoms with Crippen molar-refractivity contribution >= 4 is 11.4 Å². The summed E-state index contributed by atoms with van der Waals surface area (Å²) in [5.41, 5.74) is 1.73. The van der Waals surface area contributed by atoms with Gasteiger partial charge in [0, 0.05) is 18.3 Å². The zero-order valence-corrected chi connectivity index (χ0v) is 14.9. The predicted molar refractivity (Wildman–Crippen MR) is 95.4 cm³/mol. The number of hydrogen-bond donors (Lipinski definition) is 0. The molecule has 0 saturated heterocycles. The highest BCUT2D eigenvalue weighted by atomic mass is 16.2. The summed E-state index contributed by atoms with van der Waals surface area (Å²) in [5, 5.41) is 8.53. The Bertz CT molecular complexity index is 923. The van der Waals surface area contributed by atoms with E-state index >= 15 is 0 Å². The third kappa shape index (κ3) is 2.71. The molecule has 3 aromatic rings. The van der Waals surface area contributed by atoms with Crippen LogP contribution in [0, 0.1) is 12.8 Å². The molecule has 1 amide bonds. The lowest BCUT2D eigenvalue weighted by Gasteiger charge is -2.35. The summed E-state index contributed by atoms with van der Waals surface area (Å²) in [6.07, 6.45) is 2.94. The van der Waals surface area contributed by atoms with E-state index in [2.05, 4.69) is 28.6 Å². The van der Waals surface area contributed by atoms with Gasteiger partial charge in [-0.2, -0.15) is 0 Å². The Morgan fingerprint density at radius 1 is 1.24 bits per heavy atom. The van der Waals surface area contributed by atoms with Crippen molar-refractivity contribution in [2.45, 2.75) is 39.8 Å².